The van der Waals surface area contributed by atoms with E-state index >= 15 is 0 Å². The Morgan fingerprint density at radius 3 is 2.50 bits per heavy atom. The summed E-state index contributed by atoms with van der Waals surface area (Å²) in [5.41, 5.74) is 1.09. The summed E-state index contributed by atoms with van der Waals surface area (Å²) in [4.78, 5) is 12.1. The van der Waals surface area contributed by atoms with Crippen LogP contribution in [-0.4, -0.2) is 18.2 Å². The summed E-state index contributed by atoms with van der Waals surface area (Å²) in [6.45, 7) is 0.385. The van der Waals surface area contributed by atoms with Gasteiger partial charge in [-0.05, 0) is 48.5 Å². The predicted molar refractivity (Wildman–Crippen MR) is 91.4 cm³/mol. The molecule has 0 aliphatic carbocycles. The van der Waals surface area contributed by atoms with Crippen molar-refractivity contribution in [3.8, 4) is 11.5 Å². The van der Waals surface area contributed by atoms with E-state index < -0.39 is 0 Å². The molecule has 1 heterocycles. The molecule has 0 unspecified atom stereocenters. The maximum Gasteiger partial charge on any atom is 0.251 e. The quantitative estimate of drug-likeness (QED) is 0.703. The van der Waals surface area contributed by atoms with Crippen molar-refractivity contribution in [1.82, 2.24) is 10.5 Å². The SMILES string of the molecule is COc1ccc(C(=O)NCc2cc(COc3ccc(F)cc3)no2)cc1. The van der Waals surface area contributed by atoms with Gasteiger partial charge in [-0.15, -0.1) is 0 Å². The van der Waals surface area contributed by atoms with Crippen molar-refractivity contribution < 1.29 is 23.2 Å². The number of amides is 1. The monoisotopic (exact) mass is 356 g/mol. The summed E-state index contributed by atoms with van der Waals surface area (Å²) in [5, 5.41) is 6.63. The summed E-state index contributed by atoms with van der Waals surface area (Å²) < 4.78 is 28.6. The van der Waals surface area contributed by atoms with Crippen molar-refractivity contribution >= 4 is 5.91 Å². The van der Waals surface area contributed by atoms with Crippen LogP contribution in [0.25, 0.3) is 0 Å². The number of carbonyl (C=O) groups is 1. The van der Waals surface area contributed by atoms with Crippen molar-refractivity contribution in [1.29, 1.82) is 0 Å². The minimum Gasteiger partial charge on any atom is -0.497 e. The lowest BCUT2D eigenvalue weighted by Gasteiger charge is -2.04. The zero-order valence-electron chi connectivity index (χ0n) is 14.1. The summed E-state index contributed by atoms with van der Waals surface area (Å²) >= 11 is 0. The van der Waals surface area contributed by atoms with E-state index in [1.807, 2.05) is 0 Å². The van der Waals surface area contributed by atoms with E-state index in [-0.39, 0.29) is 24.9 Å². The maximum absolute atomic E-state index is 12.8. The first-order valence-electron chi connectivity index (χ1n) is 7.89. The highest BCUT2D eigenvalue weighted by Gasteiger charge is 2.09. The molecule has 0 fully saturated rings. The van der Waals surface area contributed by atoms with Crippen LogP contribution >= 0.6 is 0 Å². The second kappa shape index (κ2) is 8.15. The van der Waals surface area contributed by atoms with Gasteiger partial charge in [-0.1, -0.05) is 5.16 Å². The van der Waals surface area contributed by atoms with Crippen LogP contribution < -0.4 is 14.8 Å². The lowest BCUT2D eigenvalue weighted by molar-refractivity contribution is 0.0947. The summed E-state index contributed by atoms with van der Waals surface area (Å²) in [7, 11) is 1.57. The smallest absolute Gasteiger partial charge is 0.251 e. The number of nitrogens with zero attached hydrogens (tertiary/aromatic N) is 1. The Labute approximate surface area is 149 Å². The van der Waals surface area contributed by atoms with Gasteiger partial charge in [0.2, 0.25) is 0 Å². The Morgan fingerprint density at radius 1 is 1.12 bits per heavy atom. The first-order chi connectivity index (χ1) is 12.6. The van der Waals surface area contributed by atoms with Gasteiger partial charge in [0.05, 0.1) is 13.7 Å². The van der Waals surface area contributed by atoms with Crippen molar-refractivity contribution in [2.45, 2.75) is 13.2 Å². The number of hydrogen-bond donors (Lipinski definition) is 1. The summed E-state index contributed by atoms with van der Waals surface area (Å²) in [6.07, 6.45) is 0. The molecule has 1 aromatic heterocycles. The number of methoxy groups -OCH3 is 1. The van der Waals surface area contributed by atoms with Gasteiger partial charge >= 0.3 is 0 Å². The molecule has 26 heavy (non-hydrogen) atoms. The minimum absolute atomic E-state index is 0.182. The molecular formula is C19H17FN2O4. The van der Waals surface area contributed by atoms with Gasteiger partial charge in [0.1, 0.15) is 29.6 Å². The van der Waals surface area contributed by atoms with E-state index in [9.17, 15) is 9.18 Å². The molecule has 134 valence electrons. The number of nitrogens with one attached hydrogen (secondary N) is 1. The Bertz CT molecular complexity index is 860. The molecule has 0 aliphatic heterocycles. The van der Waals surface area contributed by atoms with Crippen LogP contribution in [0.15, 0.2) is 59.1 Å². The van der Waals surface area contributed by atoms with E-state index in [0.717, 1.165) is 0 Å². The van der Waals surface area contributed by atoms with E-state index in [0.29, 0.717) is 28.5 Å². The molecule has 0 aliphatic rings. The van der Waals surface area contributed by atoms with Gasteiger partial charge < -0.3 is 19.3 Å². The van der Waals surface area contributed by atoms with Crippen LogP contribution in [0.1, 0.15) is 21.8 Å². The fraction of sp³-hybridized carbons (Fsp3) is 0.158. The number of aromatic nitrogens is 1. The zero-order valence-corrected chi connectivity index (χ0v) is 14.1. The number of benzene rings is 2. The number of rotatable bonds is 7. The number of hydrogen-bond acceptors (Lipinski definition) is 5. The molecule has 1 N–H and O–H groups in total. The second-order valence-corrected chi connectivity index (χ2v) is 5.44. The highest BCUT2D eigenvalue weighted by atomic mass is 19.1. The number of carbonyl (C=O) groups excluding carboxylic acids is 1. The van der Waals surface area contributed by atoms with Crippen LogP contribution in [0.4, 0.5) is 4.39 Å². The first-order valence-corrected chi connectivity index (χ1v) is 7.89. The molecule has 0 saturated heterocycles. The van der Waals surface area contributed by atoms with E-state index in [1.165, 1.54) is 24.3 Å². The number of halogens is 1. The lowest BCUT2D eigenvalue weighted by atomic mass is 10.2. The molecule has 3 rings (SSSR count). The van der Waals surface area contributed by atoms with Gasteiger partial charge in [-0.2, -0.15) is 0 Å². The van der Waals surface area contributed by atoms with Crippen LogP contribution in [0.2, 0.25) is 0 Å². The van der Waals surface area contributed by atoms with E-state index in [1.54, 1.807) is 37.4 Å². The molecule has 3 aromatic rings. The normalized spacial score (nSPS) is 10.4. The Kier molecular flexibility index (Phi) is 5.48. The maximum atomic E-state index is 12.8. The first kappa shape index (κ1) is 17.5. The molecule has 7 heteroatoms. The second-order valence-electron chi connectivity index (χ2n) is 5.44. The van der Waals surface area contributed by atoms with Gasteiger partial charge in [0.25, 0.3) is 5.91 Å². The van der Waals surface area contributed by atoms with Crippen LogP contribution in [0.3, 0.4) is 0 Å². The third-order valence-corrected chi connectivity index (χ3v) is 3.58. The fourth-order valence-corrected chi connectivity index (χ4v) is 2.21. The summed E-state index contributed by atoms with van der Waals surface area (Å²) in [5.74, 6) is 1.16. The molecule has 0 radical (unpaired) electrons. The molecular weight excluding hydrogens is 339 g/mol. The van der Waals surface area contributed by atoms with Gasteiger partial charge in [-0.3, -0.25) is 4.79 Å². The Hall–Kier alpha value is -3.35. The molecule has 1 amide bonds. The molecule has 0 bridgehead atoms. The molecule has 0 saturated carbocycles. The standard InChI is InChI=1S/C19H17FN2O4/c1-24-16-6-2-13(3-7-16)19(23)21-11-18-10-15(22-26-18)12-25-17-8-4-14(20)5-9-17/h2-10H,11-12H2,1H3,(H,21,23). The lowest BCUT2D eigenvalue weighted by Crippen LogP contribution is -2.22. The van der Waals surface area contributed by atoms with Crippen molar-refractivity contribution in [2.24, 2.45) is 0 Å². The average Bonchev–Trinajstić information content (AvgIpc) is 3.13. The van der Waals surface area contributed by atoms with Crippen LogP contribution in [0.5, 0.6) is 11.5 Å². The topological polar surface area (TPSA) is 73.6 Å². The Balaban J connectivity index is 1.49. The van der Waals surface area contributed by atoms with Crippen molar-refractivity contribution in [3.05, 3.63) is 77.4 Å². The Morgan fingerprint density at radius 2 is 1.81 bits per heavy atom. The molecule has 6 nitrogen and oxygen atoms in total. The highest BCUT2D eigenvalue weighted by molar-refractivity contribution is 5.94. The van der Waals surface area contributed by atoms with Gasteiger partial charge in [-0.25, -0.2) is 4.39 Å². The third kappa shape index (κ3) is 4.60. The summed E-state index contributed by atoms with van der Waals surface area (Å²) in [6, 6.07) is 14.2. The van der Waals surface area contributed by atoms with Crippen molar-refractivity contribution in [2.75, 3.05) is 7.11 Å². The van der Waals surface area contributed by atoms with Crippen LogP contribution in [0, 0.1) is 5.82 Å². The molecule has 2 aromatic carbocycles. The van der Waals surface area contributed by atoms with E-state index in [4.69, 9.17) is 14.0 Å². The fourth-order valence-electron chi connectivity index (χ4n) is 2.21. The highest BCUT2D eigenvalue weighted by Crippen LogP contribution is 2.14. The minimum atomic E-state index is -0.325. The van der Waals surface area contributed by atoms with Crippen molar-refractivity contribution in [3.63, 3.8) is 0 Å². The van der Waals surface area contributed by atoms with Crippen LogP contribution in [-0.2, 0) is 13.2 Å². The molecule has 0 spiro atoms. The largest absolute Gasteiger partial charge is 0.497 e. The van der Waals surface area contributed by atoms with E-state index in [2.05, 4.69) is 10.5 Å². The third-order valence-electron chi connectivity index (χ3n) is 3.58. The van der Waals surface area contributed by atoms with Gasteiger partial charge in [0, 0.05) is 11.6 Å². The zero-order chi connectivity index (χ0) is 18.4. The van der Waals surface area contributed by atoms with Gasteiger partial charge in [0.15, 0.2) is 5.76 Å². The predicted octanol–water partition coefficient (Wildman–Crippen LogP) is 3.33. The number of ether oxygens (including phenoxy) is 2. The average molecular weight is 356 g/mol. The molecule has 0 atom stereocenters.